The van der Waals surface area contributed by atoms with Gasteiger partial charge in [0.05, 0.1) is 0 Å². The standard InChI is InChI=1S/C17H14ClNO2/c18-10-9-12-5-7-14(8-6-12)19-17(20)16-11-13-3-1-2-4-15(13)21-16/h1-8,11H,9-10H2,(H,19,20). The molecule has 0 saturated carbocycles. The van der Waals surface area contributed by atoms with Crippen LogP contribution in [0.2, 0.25) is 0 Å². The molecule has 4 heteroatoms. The van der Waals surface area contributed by atoms with E-state index in [2.05, 4.69) is 5.32 Å². The molecule has 3 rings (SSSR count). The minimum atomic E-state index is -0.253. The SMILES string of the molecule is O=C(Nc1ccc(CCCl)cc1)c1cc2ccccc2o1. The zero-order valence-corrected chi connectivity index (χ0v) is 12.1. The molecule has 21 heavy (non-hydrogen) atoms. The fraction of sp³-hybridized carbons (Fsp3) is 0.118. The number of benzene rings is 2. The lowest BCUT2D eigenvalue weighted by Crippen LogP contribution is -2.10. The third kappa shape index (κ3) is 3.09. The highest BCUT2D eigenvalue weighted by Gasteiger charge is 2.12. The molecule has 1 heterocycles. The molecule has 3 aromatic rings. The highest BCUT2D eigenvalue weighted by atomic mass is 35.5. The Balaban J connectivity index is 1.76. The smallest absolute Gasteiger partial charge is 0.291 e. The summed E-state index contributed by atoms with van der Waals surface area (Å²) in [4.78, 5) is 12.2. The normalized spacial score (nSPS) is 10.7. The molecule has 0 radical (unpaired) electrons. The lowest BCUT2D eigenvalue weighted by molar-refractivity contribution is 0.0998. The fourth-order valence-electron chi connectivity index (χ4n) is 2.15. The highest BCUT2D eigenvalue weighted by Crippen LogP contribution is 2.20. The maximum Gasteiger partial charge on any atom is 0.291 e. The quantitative estimate of drug-likeness (QED) is 0.722. The van der Waals surface area contributed by atoms with E-state index in [-0.39, 0.29) is 5.91 Å². The Bertz CT molecular complexity index is 729. The van der Waals surface area contributed by atoms with Crippen LogP contribution in [0.4, 0.5) is 5.69 Å². The summed E-state index contributed by atoms with van der Waals surface area (Å²) in [5.74, 6) is 0.641. The zero-order valence-electron chi connectivity index (χ0n) is 11.3. The van der Waals surface area contributed by atoms with E-state index in [4.69, 9.17) is 16.0 Å². The van der Waals surface area contributed by atoms with Gasteiger partial charge in [0.1, 0.15) is 5.58 Å². The van der Waals surface area contributed by atoms with Gasteiger partial charge in [0.15, 0.2) is 5.76 Å². The third-order valence-electron chi connectivity index (χ3n) is 3.24. The van der Waals surface area contributed by atoms with E-state index in [1.54, 1.807) is 6.07 Å². The molecule has 0 saturated heterocycles. The third-order valence-corrected chi connectivity index (χ3v) is 3.43. The van der Waals surface area contributed by atoms with Crippen LogP contribution in [0.15, 0.2) is 59.0 Å². The number of para-hydroxylation sites is 1. The number of hydrogen-bond donors (Lipinski definition) is 1. The van der Waals surface area contributed by atoms with Gasteiger partial charge in [-0.1, -0.05) is 30.3 Å². The predicted octanol–water partition coefficient (Wildman–Crippen LogP) is 4.47. The maximum absolute atomic E-state index is 12.2. The van der Waals surface area contributed by atoms with Gasteiger partial charge in [-0.25, -0.2) is 0 Å². The van der Waals surface area contributed by atoms with Gasteiger partial charge in [-0.3, -0.25) is 4.79 Å². The Labute approximate surface area is 127 Å². The number of alkyl halides is 1. The summed E-state index contributed by atoms with van der Waals surface area (Å²) in [6.45, 7) is 0. The molecule has 0 aliphatic rings. The second-order valence-corrected chi connectivity index (χ2v) is 5.12. The number of hydrogen-bond acceptors (Lipinski definition) is 2. The number of halogens is 1. The van der Waals surface area contributed by atoms with E-state index in [1.807, 2.05) is 48.5 Å². The van der Waals surface area contributed by atoms with Crippen LogP contribution in [0.25, 0.3) is 11.0 Å². The molecule has 2 aromatic carbocycles. The first-order chi connectivity index (χ1) is 10.3. The minimum Gasteiger partial charge on any atom is -0.451 e. The molecule has 0 aliphatic carbocycles. The molecule has 0 atom stereocenters. The number of nitrogens with one attached hydrogen (secondary N) is 1. The molecule has 0 spiro atoms. The monoisotopic (exact) mass is 299 g/mol. The van der Waals surface area contributed by atoms with E-state index < -0.39 is 0 Å². The molecular formula is C17H14ClNO2. The number of carbonyl (C=O) groups is 1. The molecule has 0 aliphatic heterocycles. The summed E-state index contributed by atoms with van der Waals surface area (Å²) in [6.07, 6.45) is 0.819. The fourth-order valence-corrected chi connectivity index (χ4v) is 2.37. The summed E-state index contributed by atoms with van der Waals surface area (Å²) in [5, 5.41) is 3.74. The first-order valence-corrected chi connectivity index (χ1v) is 7.24. The highest BCUT2D eigenvalue weighted by molar-refractivity contribution is 6.18. The average Bonchev–Trinajstić information content (AvgIpc) is 2.94. The molecule has 1 amide bonds. The van der Waals surface area contributed by atoms with Crippen molar-refractivity contribution >= 4 is 34.2 Å². The number of amides is 1. The van der Waals surface area contributed by atoms with Gasteiger partial charge < -0.3 is 9.73 Å². The Morgan fingerprint density at radius 3 is 2.57 bits per heavy atom. The van der Waals surface area contributed by atoms with Crippen molar-refractivity contribution in [1.82, 2.24) is 0 Å². The van der Waals surface area contributed by atoms with Gasteiger partial charge >= 0.3 is 0 Å². The molecule has 106 valence electrons. The minimum absolute atomic E-state index is 0.253. The van der Waals surface area contributed by atoms with Crippen LogP contribution >= 0.6 is 11.6 Å². The number of furan rings is 1. The van der Waals surface area contributed by atoms with E-state index in [9.17, 15) is 4.79 Å². The van der Waals surface area contributed by atoms with E-state index in [1.165, 1.54) is 0 Å². The molecule has 3 nitrogen and oxygen atoms in total. The van der Waals surface area contributed by atoms with Crippen LogP contribution in [0.3, 0.4) is 0 Å². The predicted molar refractivity (Wildman–Crippen MR) is 85.0 cm³/mol. The Morgan fingerprint density at radius 2 is 1.86 bits per heavy atom. The molecule has 0 fully saturated rings. The number of carbonyl (C=O) groups excluding carboxylic acids is 1. The van der Waals surface area contributed by atoms with Crippen molar-refractivity contribution < 1.29 is 9.21 Å². The van der Waals surface area contributed by atoms with Crippen LogP contribution in [0, 0.1) is 0 Å². The van der Waals surface area contributed by atoms with Gasteiger partial charge in [-0.2, -0.15) is 0 Å². The second kappa shape index (κ2) is 6.02. The lowest BCUT2D eigenvalue weighted by atomic mass is 10.1. The van der Waals surface area contributed by atoms with Crippen LogP contribution in [0.1, 0.15) is 16.1 Å². The molecule has 1 aromatic heterocycles. The largest absolute Gasteiger partial charge is 0.451 e. The second-order valence-electron chi connectivity index (χ2n) is 4.74. The summed E-state index contributed by atoms with van der Waals surface area (Å²) in [6, 6.07) is 16.9. The van der Waals surface area contributed by atoms with Crippen molar-refractivity contribution in [3.63, 3.8) is 0 Å². The van der Waals surface area contributed by atoms with Gasteiger partial charge in [-0.05, 0) is 36.2 Å². The summed E-state index contributed by atoms with van der Waals surface area (Å²) >= 11 is 5.70. The van der Waals surface area contributed by atoms with Crippen molar-refractivity contribution in [1.29, 1.82) is 0 Å². The van der Waals surface area contributed by atoms with E-state index in [0.717, 1.165) is 23.1 Å². The van der Waals surface area contributed by atoms with E-state index in [0.29, 0.717) is 17.2 Å². The van der Waals surface area contributed by atoms with Gasteiger partial charge in [0.2, 0.25) is 0 Å². The number of fused-ring (bicyclic) bond motifs is 1. The zero-order chi connectivity index (χ0) is 14.7. The first-order valence-electron chi connectivity index (χ1n) is 6.71. The van der Waals surface area contributed by atoms with Crippen molar-refractivity contribution in [2.75, 3.05) is 11.2 Å². The summed E-state index contributed by atoms with van der Waals surface area (Å²) < 4.78 is 5.53. The topological polar surface area (TPSA) is 42.2 Å². The van der Waals surface area contributed by atoms with Crippen LogP contribution in [-0.2, 0) is 6.42 Å². The molecule has 1 N–H and O–H groups in total. The number of anilines is 1. The summed E-state index contributed by atoms with van der Waals surface area (Å²) in [7, 11) is 0. The van der Waals surface area contributed by atoms with Crippen molar-refractivity contribution in [2.45, 2.75) is 6.42 Å². The first kappa shape index (κ1) is 13.7. The maximum atomic E-state index is 12.2. The van der Waals surface area contributed by atoms with Gasteiger partial charge in [0.25, 0.3) is 5.91 Å². The Kier molecular flexibility index (Phi) is 3.93. The van der Waals surface area contributed by atoms with Crippen molar-refractivity contribution in [3.8, 4) is 0 Å². The Morgan fingerprint density at radius 1 is 1.10 bits per heavy atom. The molecule has 0 bridgehead atoms. The molecular weight excluding hydrogens is 286 g/mol. The lowest BCUT2D eigenvalue weighted by Gasteiger charge is -2.04. The molecule has 0 unspecified atom stereocenters. The van der Waals surface area contributed by atoms with E-state index >= 15 is 0 Å². The summed E-state index contributed by atoms with van der Waals surface area (Å²) in [5.41, 5.74) is 2.59. The number of aryl methyl sites for hydroxylation is 1. The van der Waals surface area contributed by atoms with Crippen LogP contribution < -0.4 is 5.32 Å². The van der Waals surface area contributed by atoms with Crippen molar-refractivity contribution in [2.24, 2.45) is 0 Å². The number of rotatable bonds is 4. The van der Waals surface area contributed by atoms with Gasteiger partial charge in [0, 0.05) is 17.0 Å². The van der Waals surface area contributed by atoms with Crippen LogP contribution in [0.5, 0.6) is 0 Å². The van der Waals surface area contributed by atoms with Crippen LogP contribution in [-0.4, -0.2) is 11.8 Å². The van der Waals surface area contributed by atoms with Gasteiger partial charge in [-0.15, -0.1) is 11.6 Å². The Hall–Kier alpha value is -2.26. The van der Waals surface area contributed by atoms with Crippen molar-refractivity contribution in [3.05, 3.63) is 65.9 Å². The average molecular weight is 300 g/mol.